The molecule has 6 nitrogen and oxygen atoms in total. The van der Waals surface area contributed by atoms with E-state index in [0.717, 1.165) is 11.3 Å². The van der Waals surface area contributed by atoms with Gasteiger partial charge in [0.1, 0.15) is 6.73 Å². The molecule has 1 aliphatic rings. The molecule has 7 heteroatoms. The Morgan fingerprint density at radius 2 is 1.64 bits per heavy atom. The summed E-state index contributed by atoms with van der Waals surface area (Å²) in [4.78, 5) is 25.3. The Labute approximate surface area is 129 Å². The molecule has 0 bridgehead atoms. The topological polar surface area (TPSA) is 72.9 Å². The second-order valence-electron chi connectivity index (χ2n) is 4.95. The van der Waals surface area contributed by atoms with Crippen molar-refractivity contribution in [3.63, 3.8) is 0 Å². The van der Waals surface area contributed by atoms with Crippen LogP contribution in [0.5, 0.6) is 0 Å². The Hall–Kier alpha value is -1.49. The lowest BCUT2D eigenvalue weighted by Crippen LogP contribution is -2.32. The van der Waals surface area contributed by atoms with E-state index in [1.807, 2.05) is 6.92 Å². The second kappa shape index (κ2) is 7.18. The van der Waals surface area contributed by atoms with E-state index in [0.29, 0.717) is 17.5 Å². The van der Waals surface area contributed by atoms with Crippen molar-refractivity contribution in [2.75, 3.05) is 19.5 Å². The van der Waals surface area contributed by atoms with Gasteiger partial charge in [-0.25, -0.2) is 4.90 Å². The van der Waals surface area contributed by atoms with Crippen LogP contribution in [0.1, 0.15) is 47.4 Å². The lowest BCUT2D eigenvalue weighted by Gasteiger charge is -2.21. The molecule has 0 spiro atoms. The van der Waals surface area contributed by atoms with Crippen LogP contribution in [0.2, 0.25) is 0 Å². The predicted molar refractivity (Wildman–Crippen MR) is 81.9 cm³/mol. The fourth-order valence-electron chi connectivity index (χ4n) is 2.22. The first kappa shape index (κ1) is 16.9. The van der Waals surface area contributed by atoms with Gasteiger partial charge in [0.2, 0.25) is 0 Å². The van der Waals surface area contributed by atoms with Gasteiger partial charge in [-0.15, -0.1) is 0 Å². The highest BCUT2D eigenvalue weighted by atomic mass is 31.2. The molecule has 0 saturated carbocycles. The summed E-state index contributed by atoms with van der Waals surface area (Å²) in [7, 11) is -3.28. The number of amides is 2. The van der Waals surface area contributed by atoms with E-state index in [9.17, 15) is 14.2 Å². The number of carbonyl (C=O) groups is 2. The lowest BCUT2D eigenvalue weighted by molar-refractivity contribution is 0.0498. The largest absolute Gasteiger partial charge is 0.332 e. The number of hydrogen-bond donors (Lipinski definition) is 0. The Morgan fingerprint density at radius 1 is 1.05 bits per heavy atom. The van der Waals surface area contributed by atoms with Crippen molar-refractivity contribution in [3.8, 4) is 0 Å². The van der Waals surface area contributed by atoms with Crippen LogP contribution in [0.15, 0.2) is 24.3 Å². The third kappa shape index (κ3) is 3.46. The minimum Gasteiger partial charge on any atom is -0.309 e. The Balaban J connectivity index is 2.07. The average Bonchev–Trinajstić information content (AvgIpc) is 2.76. The van der Waals surface area contributed by atoms with Crippen LogP contribution < -0.4 is 0 Å². The summed E-state index contributed by atoms with van der Waals surface area (Å²) in [5.41, 5.74) is 0.687. The molecule has 0 saturated heterocycles. The van der Waals surface area contributed by atoms with Gasteiger partial charge in [0.15, 0.2) is 0 Å². The molecule has 1 unspecified atom stereocenters. The highest BCUT2D eigenvalue weighted by Crippen LogP contribution is 2.49. The first-order chi connectivity index (χ1) is 10.5. The van der Waals surface area contributed by atoms with E-state index < -0.39 is 19.4 Å². The van der Waals surface area contributed by atoms with Gasteiger partial charge in [-0.1, -0.05) is 25.5 Å². The number of hydrogen-bond acceptors (Lipinski definition) is 5. The van der Waals surface area contributed by atoms with E-state index in [-0.39, 0.29) is 19.5 Å². The maximum atomic E-state index is 12.5. The van der Waals surface area contributed by atoms with Crippen LogP contribution in [0.4, 0.5) is 0 Å². The normalized spacial score (nSPS) is 16.7. The molecule has 1 aromatic carbocycles. The summed E-state index contributed by atoms with van der Waals surface area (Å²) >= 11 is 0. The van der Waals surface area contributed by atoms with E-state index in [1.165, 1.54) is 0 Å². The number of imide groups is 1. The number of nitrogens with zero attached hydrogens (tertiary/aromatic N) is 1. The zero-order chi connectivity index (χ0) is 16.2. The summed E-state index contributed by atoms with van der Waals surface area (Å²) in [6.45, 7) is 3.60. The van der Waals surface area contributed by atoms with E-state index in [2.05, 4.69) is 0 Å². The molecule has 2 amide bonds. The van der Waals surface area contributed by atoms with Crippen molar-refractivity contribution >= 4 is 19.4 Å². The van der Waals surface area contributed by atoms with Crippen molar-refractivity contribution in [2.45, 2.75) is 26.7 Å². The van der Waals surface area contributed by atoms with Crippen molar-refractivity contribution in [2.24, 2.45) is 0 Å². The first-order valence-electron chi connectivity index (χ1n) is 7.35. The van der Waals surface area contributed by atoms with Gasteiger partial charge in [-0.05, 0) is 25.5 Å². The Bertz CT molecular complexity index is 581. The van der Waals surface area contributed by atoms with Crippen molar-refractivity contribution < 1.29 is 23.2 Å². The first-order valence-corrected chi connectivity index (χ1v) is 9.08. The van der Waals surface area contributed by atoms with Gasteiger partial charge in [0.05, 0.1) is 23.9 Å². The molecule has 2 rings (SSSR count). The van der Waals surface area contributed by atoms with Crippen LogP contribution in [-0.2, 0) is 13.6 Å². The highest BCUT2D eigenvalue weighted by molar-refractivity contribution is 7.53. The smallest absolute Gasteiger partial charge is 0.309 e. The zero-order valence-electron chi connectivity index (χ0n) is 12.8. The fourth-order valence-corrected chi connectivity index (χ4v) is 3.94. The second-order valence-corrected chi connectivity index (χ2v) is 7.13. The highest BCUT2D eigenvalue weighted by Gasteiger charge is 2.37. The Kier molecular flexibility index (Phi) is 5.51. The van der Waals surface area contributed by atoms with E-state index in [1.54, 1.807) is 31.2 Å². The number of unbranched alkanes of at least 4 members (excludes halogenated alkanes) is 1. The van der Waals surface area contributed by atoms with Crippen LogP contribution in [0.25, 0.3) is 0 Å². The minimum atomic E-state index is -3.28. The molecular weight excluding hydrogens is 305 g/mol. The number of fused-ring (bicyclic) bond motifs is 1. The van der Waals surface area contributed by atoms with Crippen LogP contribution >= 0.6 is 7.60 Å². The van der Waals surface area contributed by atoms with Crippen molar-refractivity contribution in [1.29, 1.82) is 0 Å². The molecule has 0 N–H and O–H groups in total. The maximum Gasteiger partial charge on any atom is 0.332 e. The molecule has 0 aliphatic carbocycles. The lowest BCUT2D eigenvalue weighted by atomic mass is 10.1. The van der Waals surface area contributed by atoms with Gasteiger partial charge < -0.3 is 4.52 Å². The van der Waals surface area contributed by atoms with Gasteiger partial charge in [-0.3, -0.25) is 18.7 Å². The van der Waals surface area contributed by atoms with Crippen molar-refractivity contribution in [1.82, 2.24) is 4.90 Å². The Morgan fingerprint density at radius 3 is 2.14 bits per heavy atom. The molecule has 1 heterocycles. The SMILES string of the molecule is CCCCP(=O)(OCC)OCN1C(=O)c2ccccc2C1=O. The van der Waals surface area contributed by atoms with E-state index >= 15 is 0 Å². The third-order valence-electron chi connectivity index (χ3n) is 3.37. The van der Waals surface area contributed by atoms with Crippen LogP contribution in [-0.4, -0.2) is 36.2 Å². The number of benzene rings is 1. The number of carbonyl (C=O) groups excluding carboxylic acids is 2. The summed E-state index contributed by atoms with van der Waals surface area (Å²) in [6, 6.07) is 6.57. The molecule has 0 radical (unpaired) electrons. The minimum absolute atomic E-state index is 0.253. The van der Waals surface area contributed by atoms with Gasteiger partial charge in [-0.2, -0.15) is 0 Å². The van der Waals surface area contributed by atoms with Gasteiger partial charge >= 0.3 is 7.60 Å². The molecule has 0 fully saturated rings. The monoisotopic (exact) mass is 325 g/mol. The standard InChI is InChI=1S/C15H20NO5P/c1-3-5-10-22(19,20-4-2)21-11-16-14(17)12-8-6-7-9-13(12)15(16)18/h6-9H,3-5,10-11H2,1-2H3. The van der Waals surface area contributed by atoms with E-state index in [4.69, 9.17) is 9.05 Å². The third-order valence-corrected chi connectivity index (χ3v) is 5.40. The molecule has 1 atom stereocenters. The molecule has 1 aliphatic heterocycles. The number of rotatable bonds is 8. The maximum absolute atomic E-state index is 12.5. The molecular formula is C15H20NO5P. The summed E-state index contributed by atoms with van der Waals surface area (Å²) in [5, 5.41) is 0. The van der Waals surface area contributed by atoms with Gasteiger partial charge in [0.25, 0.3) is 11.8 Å². The van der Waals surface area contributed by atoms with Crippen LogP contribution in [0, 0.1) is 0 Å². The molecule has 1 aromatic rings. The van der Waals surface area contributed by atoms with Crippen molar-refractivity contribution in [3.05, 3.63) is 35.4 Å². The molecule has 22 heavy (non-hydrogen) atoms. The fraction of sp³-hybridized carbons (Fsp3) is 0.467. The summed E-state index contributed by atoms with van der Waals surface area (Å²) in [6.07, 6.45) is 1.83. The predicted octanol–water partition coefficient (Wildman–Crippen LogP) is 3.29. The quantitative estimate of drug-likeness (QED) is 0.542. The zero-order valence-corrected chi connectivity index (χ0v) is 13.7. The molecule has 0 aromatic heterocycles. The summed E-state index contributed by atoms with van der Waals surface area (Å²) in [5.74, 6) is -0.863. The molecule has 120 valence electrons. The summed E-state index contributed by atoms with van der Waals surface area (Å²) < 4.78 is 23.1. The van der Waals surface area contributed by atoms with Crippen LogP contribution in [0.3, 0.4) is 0 Å². The average molecular weight is 325 g/mol. The van der Waals surface area contributed by atoms with Gasteiger partial charge in [0, 0.05) is 0 Å².